The van der Waals surface area contributed by atoms with Gasteiger partial charge in [-0.1, -0.05) is 53.9 Å². The molecule has 1 heterocycles. The van der Waals surface area contributed by atoms with E-state index in [-0.39, 0.29) is 6.42 Å². The van der Waals surface area contributed by atoms with E-state index in [0.29, 0.717) is 29.3 Å². The molecule has 1 aliphatic heterocycles. The number of aliphatic hydroxyl groups is 5. The highest BCUT2D eigenvalue weighted by molar-refractivity contribution is 5.10. The van der Waals surface area contributed by atoms with Crippen molar-refractivity contribution >= 4 is 0 Å². The Morgan fingerprint density at radius 2 is 1.62 bits per heavy atom. The number of fused-ring (bicyclic) bond motifs is 5. The maximum absolute atomic E-state index is 10.6. The molecule has 5 rings (SSSR count). The Bertz CT molecular complexity index is 967. The van der Waals surface area contributed by atoms with Gasteiger partial charge in [0.25, 0.3) is 0 Å². The maximum Gasteiger partial charge on any atom is 0.183 e. The summed E-state index contributed by atoms with van der Waals surface area (Å²) in [6.07, 6.45) is 9.06. The number of nitrogens with one attached hydrogen (secondary N) is 1. The van der Waals surface area contributed by atoms with Crippen LogP contribution in [0.2, 0.25) is 0 Å². The van der Waals surface area contributed by atoms with Crippen LogP contribution < -0.4 is 5.32 Å². The fourth-order valence-corrected chi connectivity index (χ4v) is 11.7. The first-order chi connectivity index (χ1) is 21.3. The number of methoxy groups -OCH3 is 1. The molecule has 6 N–H and O–H groups in total. The van der Waals surface area contributed by atoms with Crippen LogP contribution in [0, 0.1) is 52.3 Å². The minimum Gasteiger partial charge on any atom is -0.394 e. The summed E-state index contributed by atoms with van der Waals surface area (Å²) >= 11 is 0. The summed E-state index contributed by atoms with van der Waals surface area (Å²) in [6.45, 7) is 12.2. The average molecular weight is 638 g/mol. The molecule has 5 aliphatic rings. The van der Waals surface area contributed by atoms with Gasteiger partial charge in [-0.05, 0) is 110 Å². The van der Waals surface area contributed by atoms with E-state index in [1.54, 1.807) is 0 Å². The van der Waals surface area contributed by atoms with E-state index in [4.69, 9.17) is 9.47 Å². The molecule has 2 unspecified atom stereocenters. The number of aliphatic hydroxyl groups excluding tert-OH is 5. The average Bonchev–Trinajstić information content (AvgIpc) is 3.38. The highest BCUT2D eigenvalue weighted by atomic mass is 16.7. The van der Waals surface area contributed by atoms with Crippen LogP contribution >= 0.6 is 0 Å². The largest absolute Gasteiger partial charge is 0.394 e. The zero-order valence-electron chi connectivity index (χ0n) is 29.2. The summed E-state index contributed by atoms with van der Waals surface area (Å²) in [5.41, 5.74) is 0.908. The molecular weight excluding hydrogens is 570 g/mol. The highest BCUT2D eigenvalue weighted by Crippen LogP contribution is 2.68. The van der Waals surface area contributed by atoms with Gasteiger partial charge in [0.15, 0.2) is 5.79 Å². The van der Waals surface area contributed by atoms with Gasteiger partial charge >= 0.3 is 0 Å². The smallest absolute Gasteiger partial charge is 0.183 e. The SMILES string of the molecule is CO[C@@]1(CNC2CC[C@@]3(C)C(CC[C@H]4[C@@H]5CC[C@H]([C@H](C)CCCC(C)C)[C@@]5(C)CC[C@@H]43)C2)C[C@H](O)[C@@H](O)[C@H]([C@H](O)[C@@H](O)CO)O1. The van der Waals surface area contributed by atoms with Crippen LogP contribution in [0.15, 0.2) is 0 Å². The van der Waals surface area contributed by atoms with Crippen molar-refractivity contribution < 1.29 is 35.0 Å². The van der Waals surface area contributed by atoms with Crippen molar-refractivity contribution in [2.24, 2.45) is 52.3 Å². The van der Waals surface area contributed by atoms with Gasteiger partial charge in [-0.25, -0.2) is 0 Å². The minimum absolute atomic E-state index is 0.0468. The zero-order valence-corrected chi connectivity index (χ0v) is 29.2. The molecule has 0 bridgehead atoms. The molecule has 0 aromatic heterocycles. The normalized spacial score (nSPS) is 47.1. The molecule has 0 amide bonds. The van der Waals surface area contributed by atoms with Crippen LogP contribution in [-0.4, -0.2) is 88.1 Å². The monoisotopic (exact) mass is 637 g/mol. The number of hydrogen-bond donors (Lipinski definition) is 6. The summed E-state index contributed by atoms with van der Waals surface area (Å²) in [7, 11) is 1.51. The van der Waals surface area contributed by atoms with Crippen molar-refractivity contribution in [2.45, 2.75) is 160 Å². The van der Waals surface area contributed by atoms with Crippen LogP contribution in [0.1, 0.15) is 118 Å². The summed E-state index contributed by atoms with van der Waals surface area (Å²) in [4.78, 5) is 0. The van der Waals surface area contributed by atoms with Gasteiger partial charge in [0.05, 0.1) is 19.3 Å². The van der Waals surface area contributed by atoms with Gasteiger partial charge in [0.1, 0.15) is 24.4 Å². The molecule has 5 fully saturated rings. The van der Waals surface area contributed by atoms with Crippen LogP contribution in [0.25, 0.3) is 0 Å². The Balaban J connectivity index is 1.19. The summed E-state index contributed by atoms with van der Waals surface area (Å²) in [5.74, 6) is 4.57. The molecule has 8 nitrogen and oxygen atoms in total. The van der Waals surface area contributed by atoms with Gasteiger partial charge in [0.2, 0.25) is 0 Å². The van der Waals surface area contributed by atoms with E-state index in [9.17, 15) is 25.5 Å². The van der Waals surface area contributed by atoms with Crippen molar-refractivity contribution in [1.82, 2.24) is 5.32 Å². The van der Waals surface area contributed by atoms with Gasteiger partial charge in [-0.15, -0.1) is 0 Å². The molecule has 4 aliphatic carbocycles. The fraction of sp³-hybridized carbons (Fsp3) is 1.00. The molecule has 0 spiro atoms. The molecule has 8 heteroatoms. The van der Waals surface area contributed by atoms with Crippen LogP contribution in [0.4, 0.5) is 0 Å². The summed E-state index contributed by atoms with van der Waals surface area (Å²) in [5, 5.41) is 54.7. The topological polar surface area (TPSA) is 132 Å². The van der Waals surface area contributed by atoms with Crippen molar-refractivity contribution in [1.29, 1.82) is 0 Å². The minimum atomic E-state index is -1.55. The molecule has 0 radical (unpaired) electrons. The lowest BCUT2D eigenvalue weighted by Crippen LogP contribution is -2.64. The highest BCUT2D eigenvalue weighted by Gasteiger charge is 2.60. The van der Waals surface area contributed by atoms with E-state index in [2.05, 4.69) is 39.9 Å². The first kappa shape index (κ1) is 36.0. The molecule has 0 aromatic rings. The predicted molar refractivity (Wildman–Crippen MR) is 175 cm³/mol. The number of hydrogen-bond acceptors (Lipinski definition) is 8. The van der Waals surface area contributed by atoms with E-state index in [1.807, 2.05) is 0 Å². The third-order valence-electron chi connectivity index (χ3n) is 14.4. The summed E-state index contributed by atoms with van der Waals surface area (Å²) in [6, 6.07) is 0.307. The molecule has 4 saturated carbocycles. The standard InChI is InChI=1S/C37H67NO7/c1-22(2)8-7-9-23(3)27-12-13-28-26-11-10-24-18-25(14-16-35(24,4)29(26)15-17-36(27,28)5)38-21-37(44-6)19-30(40)32(42)34(45-37)33(43)31(41)20-39/h22-34,38-43H,7-21H2,1-6H3/t23-,24?,25?,26+,27-,28+,29+,30+,31+,32-,33-,34-,35+,36-,37+/m1/s1. The predicted octanol–water partition coefficient (Wildman–Crippen LogP) is 4.63. The molecule has 262 valence electrons. The van der Waals surface area contributed by atoms with Crippen molar-refractivity contribution in [3.63, 3.8) is 0 Å². The molecule has 15 atom stereocenters. The zero-order chi connectivity index (χ0) is 32.7. The van der Waals surface area contributed by atoms with Gasteiger partial charge in [-0.3, -0.25) is 0 Å². The third-order valence-corrected chi connectivity index (χ3v) is 14.4. The van der Waals surface area contributed by atoms with Gasteiger partial charge in [0, 0.05) is 19.6 Å². The van der Waals surface area contributed by atoms with Crippen molar-refractivity contribution in [3.8, 4) is 0 Å². The third kappa shape index (κ3) is 6.92. The van der Waals surface area contributed by atoms with E-state index < -0.39 is 42.9 Å². The van der Waals surface area contributed by atoms with E-state index >= 15 is 0 Å². The molecule has 0 aromatic carbocycles. The lowest BCUT2D eigenvalue weighted by molar-refractivity contribution is -0.327. The molecule has 1 saturated heterocycles. The Kier molecular flexibility index (Phi) is 11.4. The van der Waals surface area contributed by atoms with Crippen LogP contribution in [0.3, 0.4) is 0 Å². The Labute approximate surface area is 273 Å². The second-order valence-electron chi connectivity index (χ2n) is 17.2. The lowest BCUT2D eigenvalue weighted by atomic mass is 9.44. The van der Waals surface area contributed by atoms with Crippen LogP contribution in [0.5, 0.6) is 0 Å². The number of ether oxygens (including phenoxy) is 2. The van der Waals surface area contributed by atoms with Gasteiger partial charge in [-0.2, -0.15) is 0 Å². The fourth-order valence-electron chi connectivity index (χ4n) is 11.7. The van der Waals surface area contributed by atoms with E-state index in [1.165, 1.54) is 71.3 Å². The molecular formula is C37H67NO7. The number of rotatable bonds is 12. The van der Waals surface area contributed by atoms with Crippen molar-refractivity contribution in [3.05, 3.63) is 0 Å². The second-order valence-corrected chi connectivity index (χ2v) is 17.2. The first-order valence-electron chi connectivity index (χ1n) is 18.6. The molecule has 45 heavy (non-hydrogen) atoms. The quantitative estimate of drug-likeness (QED) is 0.183. The van der Waals surface area contributed by atoms with Gasteiger partial charge < -0.3 is 40.3 Å². The van der Waals surface area contributed by atoms with E-state index in [0.717, 1.165) is 48.3 Å². The lowest BCUT2D eigenvalue weighted by Gasteiger charge is -2.61. The van der Waals surface area contributed by atoms with Crippen LogP contribution in [-0.2, 0) is 9.47 Å². The maximum atomic E-state index is 10.6. The second kappa shape index (κ2) is 14.3. The summed E-state index contributed by atoms with van der Waals surface area (Å²) < 4.78 is 11.8. The first-order valence-corrected chi connectivity index (χ1v) is 18.6. The Hall–Kier alpha value is -0.320. The Morgan fingerprint density at radius 1 is 0.911 bits per heavy atom. The Morgan fingerprint density at radius 3 is 2.31 bits per heavy atom. The van der Waals surface area contributed by atoms with Crippen molar-refractivity contribution in [2.75, 3.05) is 20.3 Å².